The quantitative estimate of drug-likeness (QED) is 0.613. The van der Waals surface area contributed by atoms with E-state index in [0.717, 1.165) is 31.7 Å². The largest absolute Gasteiger partial charge is 0.389 e. The van der Waals surface area contributed by atoms with Crippen LogP contribution in [0.15, 0.2) is 30.3 Å². The second-order valence-corrected chi connectivity index (χ2v) is 5.27. The van der Waals surface area contributed by atoms with Crippen molar-refractivity contribution in [1.29, 1.82) is 0 Å². The van der Waals surface area contributed by atoms with Crippen LogP contribution in [0.4, 0.5) is 0 Å². The zero-order valence-electron chi connectivity index (χ0n) is 13.6. The van der Waals surface area contributed by atoms with Crippen LogP contribution in [0.5, 0.6) is 0 Å². The lowest BCUT2D eigenvalue weighted by molar-refractivity contribution is -0.00209. The molecule has 4 heteroatoms. The molecule has 21 heavy (non-hydrogen) atoms. The summed E-state index contributed by atoms with van der Waals surface area (Å²) in [4.78, 5) is 2.35. The monoisotopic (exact) mass is 294 g/mol. The summed E-state index contributed by atoms with van der Waals surface area (Å²) in [7, 11) is 0. The fourth-order valence-corrected chi connectivity index (χ4v) is 2.18. The molecule has 4 nitrogen and oxygen atoms in total. The standard InChI is InChI=1S/C17H30N2O2/c1-4-19(5-2)12-11-18-13-17(20)14-21-15(3)16-9-7-6-8-10-16/h6-10,15,17-18,20H,4-5,11-14H2,1-3H3. The summed E-state index contributed by atoms with van der Waals surface area (Å²) in [5.41, 5.74) is 1.14. The van der Waals surface area contributed by atoms with Crippen molar-refractivity contribution in [3.63, 3.8) is 0 Å². The number of aliphatic hydroxyl groups excluding tert-OH is 1. The van der Waals surface area contributed by atoms with E-state index in [4.69, 9.17) is 4.74 Å². The van der Waals surface area contributed by atoms with Crippen LogP contribution in [0.25, 0.3) is 0 Å². The predicted octanol–water partition coefficient (Wildman–Crippen LogP) is 2.06. The van der Waals surface area contributed by atoms with Crippen LogP contribution in [0.2, 0.25) is 0 Å². The molecule has 2 N–H and O–H groups in total. The summed E-state index contributed by atoms with van der Waals surface area (Å²) in [5.74, 6) is 0. The Kier molecular flexibility index (Phi) is 9.26. The number of benzene rings is 1. The van der Waals surface area contributed by atoms with Gasteiger partial charge in [-0.3, -0.25) is 0 Å². The number of likely N-dealkylation sites (N-methyl/N-ethyl adjacent to an activating group) is 1. The molecule has 0 radical (unpaired) electrons. The average Bonchev–Trinajstić information content (AvgIpc) is 2.53. The van der Waals surface area contributed by atoms with Crippen LogP contribution in [0, 0.1) is 0 Å². The Bertz CT molecular complexity index is 355. The van der Waals surface area contributed by atoms with Gasteiger partial charge in [0.15, 0.2) is 0 Å². The Morgan fingerprint density at radius 1 is 1.19 bits per heavy atom. The number of nitrogens with one attached hydrogen (secondary N) is 1. The molecule has 0 saturated heterocycles. The predicted molar refractivity (Wildman–Crippen MR) is 87.5 cm³/mol. The maximum Gasteiger partial charge on any atom is 0.0897 e. The Labute approximate surface area is 129 Å². The highest BCUT2D eigenvalue weighted by molar-refractivity contribution is 5.16. The molecule has 0 aliphatic heterocycles. The fraction of sp³-hybridized carbons (Fsp3) is 0.647. The molecule has 0 spiro atoms. The molecule has 0 saturated carbocycles. The second-order valence-electron chi connectivity index (χ2n) is 5.27. The fourth-order valence-electron chi connectivity index (χ4n) is 2.18. The van der Waals surface area contributed by atoms with Crippen molar-refractivity contribution >= 4 is 0 Å². The minimum absolute atomic E-state index is 0.0107. The zero-order valence-corrected chi connectivity index (χ0v) is 13.6. The van der Waals surface area contributed by atoms with Crippen LogP contribution in [0.3, 0.4) is 0 Å². The lowest BCUT2D eigenvalue weighted by Gasteiger charge is -2.20. The molecule has 0 amide bonds. The molecule has 0 fully saturated rings. The summed E-state index contributed by atoms with van der Waals surface area (Å²) >= 11 is 0. The first-order valence-corrected chi connectivity index (χ1v) is 7.95. The molecule has 2 atom stereocenters. The van der Waals surface area contributed by atoms with Crippen molar-refractivity contribution in [1.82, 2.24) is 10.2 Å². The maximum atomic E-state index is 9.92. The van der Waals surface area contributed by atoms with Crippen molar-refractivity contribution in [2.24, 2.45) is 0 Å². The zero-order chi connectivity index (χ0) is 15.5. The summed E-state index contributed by atoms with van der Waals surface area (Å²) in [6, 6.07) is 10.1. The first-order chi connectivity index (χ1) is 10.2. The number of hydrogen-bond acceptors (Lipinski definition) is 4. The van der Waals surface area contributed by atoms with Gasteiger partial charge in [-0.25, -0.2) is 0 Å². The smallest absolute Gasteiger partial charge is 0.0897 e. The van der Waals surface area contributed by atoms with Gasteiger partial charge in [0.25, 0.3) is 0 Å². The van der Waals surface area contributed by atoms with Crippen molar-refractivity contribution in [2.45, 2.75) is 33.0 Å². The summed E-state index contributed by atoms with van der Waals surface area (Å²) < 4.78 is 5.71. The lowest BCUT2D eigenvalue weighted by Crippen LogP contribution is -2.36. The van der Waals surface area contributed by atoms with Crippen LogP contribution in [-0.2, 0) is 4.74 Å². The van der Waals surface area contributed by atoms with Gasteiger partial charge >= 0.3 is 0 Å². The van der Waals surface area contributed by atoms with Gasteiger partial charge in [0.05, 0.1) is 18.8 Å². The average molecular weight is 294 g/mol. The molecular weight excluding hydrogens is 264 g/mol. The Balaban J connectivity index is 2.12. The van der Waals surface area contributed by atoms with E-state index in [0.29, 0.717) is 13.2 Å². The van der Waals surface area contributed by atoms with E-state index in [1.807, 2.05) is 37.3 Å². The highest BCUT2D eigenvalue weighted by Crippen LogP contribution is 2.15. The number of rotatable bonds is 11. The minimum atomic E-state index is -0.465. The van der Waals surface area contributed by atoms with Gasteiger partial charge in [0.1, 0.15) is 0 Å². The van der Waals surface area contributed by atoms with Gasteiger partial charge in [0.2, 0.25) is 0 Å². The maximum absolute atomic E-state index is 9.92. The molecule has 120 valence electrons. The minimum Gasteiger partial charge on any atom is -0.389 e. The van der Waals surface area contributed by atoms with E-state index in [1.165, 1.54) is 0 Å². The third kappa shape index (κ3) is 7.58. The molecule has 0 aliphatic carbocycles. The number of hydrogen-bond donors (Lipinski definition) is 2. The van der Waals surface area contributed by atoms with Crippen molar-refractivity contribution in [3.8, 4) is 0 Å². The van der Waals surface area contributed by atoms with Gasteiger partial charge in [-0.15, -0.1) is 0 Å². The van der Waals surface area contributed by atoms with Gasteiger partial charge < -0.3 is 20.1 Å². The van der Waals surface area contributed by atoms with E-state index < -0.39 is 6.10 Å². The normalized spacial score (nSPS) is 14.3. The van der Waals surface area contributed by atoms with Gasteiger partial charge in [-0.2, -0.15) is 0 Å². The van der Waals surface area contributed by atoms with Crippen LogP contribution >= 0.6 is 0 Å². The molecule has 0 heterocycles. The highest BCUT2D eigenvalue weighted by Gasteiger charge is 2.09. The second kappa shape index (κ2) is 10.7. The summed E-state index contributed by atoms with van der Waals surface area (Å²) in [5, 5.41) is 13.2. The lowest BCUT2D eigenvalue weighted by atomic mass is 10.1. The van der Waals surface area contributed by atoms with Crippen LogP contribution in [-0.4, -0.2) is 55.4 Å². The van der Waals surface area contributed by atoms with Gasteiger partial charge in [0, 0.05) is 19.6 Å². The van der Waals surface area contributed by atoms with Crippen molar-refractivity contribution in [3.05, 3.63) is 35.9 Å². The molecule has 0 aromatic heterocycles. The third-order valence-corrected chi connectivity index (χ3v) is 3.69. The molecular formula is C17H30N2O2. The van der Waals surface area contributed by atoms with E-state index in [2.05, 4.69) is 24.1 Å². The van der Waals surface area contributed by atoms with E-state index in [9.17, 15) is 5.11 Å². The Hall–Kier alpha value is -0.940. The molecule has 2 unspecified atom stereocenters. The van der Waals surface area contributed by atoms with Crippen molar-refractivity contribution in [2.75, 3.05) is 39.3 Å². The van der Waals surface area contributed by atoms with Gasteiger partial charge in [-0.1, -0.05) is 44.2 Å². The van der Waals surface area contributed by atoms with E-state index in [-0.39, 0.29) is 6.10 Å². The first-order valence-electron chi connectivity index (χ1n) is 7.95. The molecule has 0 aliphatic rings. The molecule has 0 bridgehead atoms. The highest BCUT2D eigenvalue weighted by atomic mass is 16.5. The third-order valence-electron chi connectivity index (χ3n) is 3.69. The molecule has 1 aromatic rings. The van der Waals surface area contributed by atoms with Crippen LogP contribution < -0.4 is 5.32 Å². The number of nitrogens with zero attached hydrogens (tertiary/aromatic N) is 1. The van der Waals surface area contributed by atoms with Crippen molar-refractivity contribution < 1.29 is 9.84 Å². The Morgan fingerprint density at radius 3 is 2.48 bits per heavy atom. The number of aliphatic hydroxyl groups is 1. The molecule has 1 rings (SSSR count). The summed E-state index contributed by atoms with van der Waals surface area (Å²) in [6.07, 6.45) is -0.454. The van der Waals surface area contributed by atoms with Gasteiger partial charge in [-0.05, 0) is 25.6 Å². The SMILES string of the molecule is CCN(CC)CCNCC(O)COC(C)c1ccccc1. The first kappa shape index (κ1) is 18.1. The van der Waals surface area contributed by atoms with E-state index >= 15 is 0 Å². The molecule has 1 aromatic carbocycles. The Morgan fingerprint density at radius 2 is 1.86 bits per heavy atom. The van der Waals surface area contributed by atoms with Crippen LogP contribution in [0.1, 0.15) is 32.4 Å². The number of ether oxygens (including phenoxy) is 1. The topological polar surface area (TPSA) is 44.7 Å². The summed E-state index contributed by atoms with van der Waals surface area (Å²) in [6.45, 7) is 11.3. The van der Waals surface area contributed by atoms with E-state index in [1.54, 1.807) is 0 Å².